The number of allylic oxidation sites excluding steroid dienone is 1. The number of aryl methyl sites for hydroxylation is 1. The Labute approximate surface area is 154 Å². The Balaban J connectivity index is 1.57. The minimum Gasteiger partial charge on any atom is -0.387 e. The van der Waals surface area contributed by atoms with Crippen LogP contribution in [0, 0.1) is 0 Å². The van der Waals surface area contributed by atoms with Crippen LogP contribution in [0.15, 0.2) is 79.1 Å². The highest BCUT2D eigenvalue weighted by molar-refractivity contribution is 5.90. The lowest BCUT2D eigenvalue weighted by atomic mass is 10.0. The first-order valence-electron chi connectivity index (χ1n) is 9.24. The molecular formula is C23H25N3. The van der Waals surface area contributed by atoms with E-state index in [0.717, 1.165) is 37.2 Å². The molecule has 1 fully saturated rings. The molecule has 0 saturated carbocycles. The van der Waals surface area contributed by atoms with E-state index in [-0.39, 0.29) is 0 Å². The molecule has 3 heteroatoms. The number of fused-ring (bicyclic) bond motifs is 1. The van der Waals surface area contributed by atoms with Gasteiger partial charge in [-0.1, -0.05) is 61.7 Å². The van der Waals surface area contributed by atoms with E-state index in [0.29, 0.717) is 6.04 Å². The Hall–Kier alpha value is -2.94. The van der Waals surface area contributed by atoms with Gasteiger partial charge in [-0.25, -0.2) is 0 Å². The maximum atomic E-state index is 4.24. The Bertz CT molecular complexity index is 937. The Kier molecular flexibility index (Phi) is 4.53. The maximum absolute atomic E-state index is 4.24. The van der Waals surface area contributed by atoms with Crippen molar-refractivity contribution in [2.45, 2.75) is 25.3 Å². The second-order valence-corrected chi connectivity index (χ2v) is 6.93. The number of aromatic nitrogens is 1. The van der Waals surface area contributed by atoms with E-state index >= 15 is 0 Å². The van der Waals surface area contributed by atoms with Gasteiger partial charge in [-0.3, -0.25) is 0 Å². The number of nitrogens with one attached hydrogen (secondary N) is 3. The normalized spacial score (nSPS) is 16.6. The number of para-hydroxylation sites is 1. The summed E-state index contributed by atoms with van der Waals surface area (Å²) in [6.07, 6.45) is 2.93. The van der Waals surface area contributed by atoms with Crippen LogP contribution in [-0.4, -0.2) is 17.6 Å². The molecule has 4 rings (SSSR count). The summed E-state index contributed by atoms with van der Waals surface area (Å²) in [5.74, 6) is 0. The number of aromatic amines is 1. The van der Waals surface area contributed by atoms with Crippen LogP contribution in [0.25, 0.3) is 22.2 Å². The lowest BCUT2D eigenvalue weighted by molar-refractivity contribution is 0.638. The van der Waals surface area contributed by atoms with E-state index in [4.69, 9.17) is 0 Å². The van der Waals surface area contributed by atoms with Gasteiger partial charge in [-0.2, -0.15) is 0 Å². The average Bonchev–Trinajstić information content (AvgIpc) is 3.24. The molecule has 26 heavy (non-hydrogen) atoms. The predicted octanol–water partition coefficient (Wildman–Crippen LogP) is 4.75. The molecule has 132 valence electrons. The predicted molar refractivity (Wildman–Crippen MR) is 110 cm³/mol. The summed E-state index contributed by atoms with van der Waals surface area (Å²) in [7, 11) is 0. The number of rotatable bonds is 6. The van der Waals surface area contributed by atoms with Crippen molar-refractivity contribution in [3.63, 3.8) is 0 Å². The van der Waals surface area contributed by atoms with Crippen molar-refractivity contribution < 1.29 is 0 Å². The number of hydrogen-bond donors (Lipinski definition) is 3. The largest absolute Gasteiger partial charge is 0.387 e. The van der Waals surface area contributed by atoms with Gasteiger partial charge in [0.15, 0.2) is 0 Å². The third-order valence-electron chi connectivity index (χ3n) is 5.14. The summed E-state index contributed by atoms with van der Waals surface area (Å²) in [6, 6.07) is 19.4. The molecule has 3 nitrogen and oxygen atoms in total. The van der Waals surface area contributed by atoms with Gasteiger partial charge >= 0.3 is 0 Å². The zero-order chi connectivity index (χ0) is 17.9. The lowest BCUT2D eigenvalue weighted by Gasteiger charge is -2.16. The van der Waals surface area contributed by atoms with E-state index in [2.05, 4.69) is 83.4 Å². The van der Waals surface area contributed by atoms with Gasteiger partial charge in [0, 0.05) is 34.5 Å². The monoisotopic (exact) mass is 343 g/mol. The second kappa shape index (κ2) is 7.12. The van der Waals surface area contributed by atoms with Gasteiger partial charge in [0.1, 0.15) is 0 Å². The molecule has 1 unspecified atom stereocenters. The van der Waals surface area contributed by atoms with Crippen molar-refractivity contribution >= 4 is 10.9 Å². The molecule has 1 saturated heterocycles. The first-order valence-corrected chi connectivity index (χ1v) is 9.24. The quantitative estimate of drug-likeness (QED) is 0.604. The van der Waals surface area contributed by atoms with Crippen molar-refractivity contribution in [1.29, 1.82) is 0 Å². The summed E-state index contributed by atoms with van der Waals surface area (Å²) >= 11 is 0. The standard InChI is InChI=1S/C23H25N3/c1-16(25-21-14-15-24-17(21)2)12-13-20-19-10-6-7-11-22(19)26-23(20)18-8-4-3-5-9-18/h3-11,21,24-26H,1-2,12-15H2. The first-order chi connectivity index (χ1) is 12.7. The van der Waals surface area contributed by atoms with Gasteiger partial charge in [0.2, 0.25) is 0 Å². The molecule has 2 heterocycles. The van der Waals surface area contributed by atoms with Gasteiger partial charge in [-0.15, -0.1) is 0 Å². The second-order valence-electron chi connectivity index (χ2n) is 6.93. The summed E-state index contributed by atoms with van der Waals surface area (Å²) in [5, 5.41) is 8.13. The minimum absolute atomic E-state index is 0.305. The minimum atomic E-state index is 0.305. The Morgan fingerprint density at radius 1 is 1.08 bits per heavy atom. The average molecular weight is 343 g/mol. The highest BCUT2D eigenvalue weighted by atomic mass is 15.0. The van der Waals surface area contributed by atoms with E-state index in [9.17, 15) is 0 Å². The van der Waals surface area contributed by atoms with Crippen LogP contribution in [0.2, 0.25) is 0 Å². The fraction of sp³-hybridized carbons (Fsp3) is 0.217. The summed E-state index contributed by atoms with van der Waals surface area (Å²) < 4.78 is 0. The molecule has 3 N–H and O–H groups in total. The Morgan fingerprint density at radius 3 is 2.62 bits per heavy atom. The molecule has 2 aromatic carbocycles. The molecule has 1 atom stereocenters. The fourth-order valence-electron chi connectivity index (χ4n) is 3.74. The van der Waals surface area contributed by atoms with E-state index in [1.54, 1.807) is 0 Å². The van der Waals surface area contributed by atoms with Crippen LogP contribution in [0.5, 0.6) is 0 Å². The lowest BCUT2D eigenvalue weighted by Crippen LogP contribution is -2.28. The van der Waals surface area contributed by atoms with Gasteiger partial charge < -0.3 is 15.6 Å². The molecule has 0 bridgehead atoms. The van der Waals surface area contributed by atoms with Gasteiger partial charge in [0.25, 0.3) is 0 Å². The molecule has 1 aliphatic heterocycles. The molecule has 1 aliphatic rings. The van der Waals surface area contributed by atoms with Crippen LogP contribution >= 0.6 is 0 Å². The molecule has 0 spiro atoms. The van der Waals surface area contributed by atoms with Crippen molar-refractivity contribution in [2.75, 3.05) is 6.54 Å². The van der Waals surface area contributed by atoms with Gasteiger partial charge in [0.05, 0.1) is 6.04 Å². The van der Waals surface area contributed by atoms with Crippen molar-refractivity contribution in [2.24, 2.45) is 0 Å². The van der Waals surface area contributed by atoms with Crippen molar-refractivity contribution in [1.82, 2.24) is 15.6 Å². The van der Waals surface area contributed by atoms with Crippen molar-refractivity contribution in [3.05, 3.63) is 84.7 Å². The summed E-state index contributed by atoms with van der Waals surface area (Å²) in [4.78, 5) is 3.61. The van der Waals surface area contributed by atoms with Crippen LogP contribution < -0.4 is 10.6 Å². The first kappa shape index (κ1) is 16.5. The van der Waals surface area contributed by atoms with Crippen molar-refractivity contribution in [3.8, 4) is 11.3 Å². The van der Waals surface area contributed by atoms with Crippen LogP contribution in [0.4, 0.5) is 0 Å². The van der Waals surface area contributed by atoms with Crippen LogP contribution in [0.1, 0.15) is 18.4 Å². The zero-order valence-electron chi connectivity index (χ0n) is 15.0. The highest BCUT2D eigenvalue weighted by Gasteiger charge is 2.19. The summed E-state index contributed by atoms with van der Waals surface area (Å²) in [5.41, 5.74) is 7.14. The zero-order valence-corrected chi connectivity index (χ0v) is 15.0. The van der Waals surface area contributed by atoms with E-state index in [1.165, 1.54) is 27.7 Å². The molecule has 3 aromatic rings. The van der Waals surface area contributed by atoms with Crippen LogP contribution in [-0.2, 0) is 6.42 Å². The number of benzene rings is 2. The van der Waals surface area contributed by atoms with E-state index < -0.39 is 0 Å². The topological polar surface area (TPSA) is 39.9 Å². The fourth-order valence-corrected chi connectivity index (χ4v) is 3.74. The third-order valence-corrected chi connectivity index (χ3v) is 5.14. The maximum Gasteiger partial charge on any atom is 0.0667 e. The molecule has 0 aliphatic carbocycles. The molecular weight excluding hydrogens is 318 g/mol. The Morgan fingerprint density at radius 2 is 1.85 bits per heavy atom. The SMILES string of the molecule is C=C(CCc1c(-c2ccccc2)[nH]c2ccccc12)NC1CCNC1=C. The highest BCUT2D eigenvalue weighted by Crippen LogP contribution is 2.31. The number of H-pyrrole nitrogens is 1. The van der Waals surface area contributed by atoms with E-state index in [1.807, 2.05) is 0 Å². The smallest absolute Gasteiger partial charge is 0.0667 e. The summed E-state index contributed by atoms with van der Waals surface area (Å²) in [6.45, 7) is 9.31. The molecule has 1 aromatic heterocycles. The van der Waals surface area contributed by atoms with Crippen LogP contribution in [0.3, 0.4) is 0 Å². The van der Waals surface area contributed by atoms with Gasteiger partial charge in [-0.05, 0) is 36.5 Å². The third kappa shape index (κ3) is 3.25. The molecule has 0 amide bonds. The molecule has 0 radical (unpaired) electrons. The number of hydrogen-bond acceptors (Lipinski definition) is 2.